The third-order valence-corrected chi connectivity index (χ3v) is 4.28. The lowest BCUT2D eigenvalue weighted by Gasteiger charge is -2.35. The van der Waals surface area contributed by atoms with Crippen LogP contribution >= 0.6 is 0 Å². The van der Waals surface area contributed by atoms with E-state index < -0.39 is 5.41 Å². The number of benzene rings is 1. The average Bonchev–Trinajstić information content (AvgIpc) is 2.55. The number of para-hydroxylation sites is 1. The number of hydrogen-bond donors (Lipinski definition) is 2. The van der Waals surface area contributed by atoms with Crippen molar-refractivity contribution in [2.75, 3.05) is 26.9 Å². The number of methoxy groups -OCH3 is 1. The van der Waals surface area contributed by atoms with E-state index in [1.807, 2.05) is 31.2 Å². The fourth-order valence-corrected chi connectivity index (χ4v) is 2.74. The summed E-state index contributed by atoms with van der Waals surface area (Å²) in [5.74, 6) is 0.783. The van der Waals surface area contributed by atoms with E-state index in [4.69, 9.17) is 15.2 Å². The van der Waals surface area contributed by atoms with Crippen LogP contribution in [0.4, 0.5) is 0 Å². The van der Waals surface area contributed by atoms with E-state index in [0.717, 1.165) is 11.3 Å². The highest BCUT2D eigenvalue weighted by atomic mass is 16.5. The second kappa shape index (κ2) is 6.91. The van der Waals surface area contributed by atoms with Crippen LogP contribution in [-0.4, -0.2) is 32.8 Å². The Morgan fingerprint density at radius 3 is 2.71 bits per heavy atom. The van der Waals surface area contributed by atoms with Gasteiger partial charge in [0.2, 0.25) is 5.91 Å². The highest BCUT2D eigenvalue weighted by molar-refractivity contribution is 5.83. The van der Waals surface area contributed by atoms with Crippen molar-refractivity contribution >= 4 is 5.91 Å². The molecule has 1 heterocycles. The summed E-state index contributed by atoms with van der Waals surface area (Å²) in [5, 5.41) is 3.08. The van der Waals surface area contributed by atoms with Crippen molar-refractivity contribution in [3.05, 3.63) is 29.8 Å². The van der Waals surface area contributed by atoms with Gasteiger partial charge in [0.1, 0.15) is 5.75 Å². The van der Waals surface area contributed by atoms with Crippen molar-refractivity contribution in [3.63, 3.8) is 0 Å². The van der Waals surface area contributed by atoms with Crippen LogP contribution in [0.15, 0.2) is 24.3 Å². The molecule has 1 unspecified atom stereocenters. The minimum Gasteiger partial charge on any atom is -0.496 e. The first-order valence-electron chi connectivity index (χ1n) is 7.34. The largest absolute Gasteiger partial charge is 0.496 e. The highest BCUT2D eigenvalue weighted by Gasteiger charge is 2.39. The molecule has 1 amide bonds. The van der Waals surface area contributed by atoms with E-state index in [1.54, 1.807) is 7.11 Å². The van der Waals surface area contributed by atoms with E-state index in [9.17, 15) is 4.79 Å². The van der Waals surface area contributed by atoms with E-state index in [-0.39, 0.29) is 11.9 Å². The van der Waals surface area contributed by atoms with Gasteiger partial charge in [-0.15, -0.1) is 0 Å². The molecule has 1 aliphatic rings. The van der Waals surface area contributed by atoms with Gasteiger partial charge in [0, 0.05) is 25.3 Å². The quantitative estimate of drug-likeness (QED) is 0.865. The lowest BCUT2D eigenvalue weighted by Crippen LogP contribution is -2.49. The molecule has 0 saturated carbocycles. The molecule has 0 aromatic heterocycles. The summed E-state index contributed by atoms with van der Waals surface area (Å²) in [4.78, 5) is 12.6. The van der Waals surface area contributed by atoms with Crippen molar-refractivity contribution in [1.82, 2.24) is 5.32 Å². The number of rotatable bonds is 5. The van der Waals surface area contributed by atoms with Crippen LogP contribution < -0.4 is 15.8 Å². The Morgan fingerprint density at radius 2 is 2.10 bits per heavy atom. The molecule has 2 rings (SSSR count). The summed E-state index contributed by atoms with van der Waals surface area (Å²) >= 11 is 0. The zero-order valence-electron chi connectivity index (χ0n) is 12.7. The molecule has 3 N–H and O–H groups in total. The van der Waals surface area contributed by atoms with Gasteiger partial charge in [0.25, 0.3) is 0 Å². The first-order valence-corrected chi connectivity index (χ1v) is 7.34. The van der Waals surface area contributed by atoms with Crippen LogP contribution in [0.2, 0.25) is 0 Å². The monoisotopic (exact) mass is 292 g/mol. The number of carbonyl (C=O) groups is 1. The molecule has 5 nitrogen and oxygen atoms in total. The van der Waals surface area contributed by atoms with Crippen molar-refractivity contribution < 1.29 is 14.3 Å². The van der Waals surface area contributed by atoms with Crippen LogP contribution in [0.25, 0.3) is 0 Å². The number of hydrogen-bond acceptors (Lipinski definition) is 4. The Kier molecular flexibility index (Phi) is 5.20. The maximum atomic E-state index is 12.6. The second-order valence-corrected chi connectivity index (χ2v) is 5.53. The molecule has 0 radical (unpaired) electrons. The third kappa shape index (κ3) is 3.36. The van der Waals surface area contributed by atoms with Crippen LogP contribution in [0.3, 0.4) is 0 Å². The number of nitrogens with two attached hydrogens (primary N) is 1. The smallest absolute Gasteiger partial charge is 0.228 e. The lowest BCUT2D eigenvalue weighted by atomic mass is 9.79. The predicted octanol–water partition coefficient (Wildman–Crippen LogP) is 1.63. The molecule has 1 atom stereocenters. The molecule has 1 aliphatic heterocycles. The third-order valence-electron chi connectivity index (χ3n) is 4.28. The topological polar surface area (TPSA) is 73.6 Å². The summed E-state index contributed by atoms with van der Waals surface area (Å²) in [6.07, 6.45) is 1.35. The molecule has 1 aromatic rings. The van der Waals surface area contributed by atoms with E-state index in [0.29, 0.717) is 32.6 Å². The Balaban J connectivity index is 2.11. The van der Waals surface area contributed by atoms with Crippen molar-refractivity contribution in [1.29, 1.82) is 0 Å². The van der Waals surface area contributed by atoms with Gasteiger partial charge in [-0.05, 0) is 25.8 Å². The summed E-state index contributed by atoms with van der Waals surface area (Å²) in [6, 6.07) is 7.58. The molecule has 1 saturated heterocycles. The second-order valence-electron chi connectivity index (χ2n) is 5.53. The molecule has 0 spiro atoms. The molecule has 5 heteroatoms. The van der Waals surface area contributed by atoms with Crippen LogP contribution in [-0.2, 0) is 9.53 Å². The van der Waals surface area contributed by atoms with Gasteiger partial charge in [0.05, 0.1) is 18.6 Å². The van der Waals surface area contributed by atoms with Crippen molar-refractivity contribution in [2.24, 2.45) is 11.1 Å². The lowest BCUT2D eigenvalue weighted by molar-refractivity contribution is -0.136. The fourth-order valence-electron chi connectivity index (χ4n) is 2.74. The summed E-state index contributed by atoms with van der Waals surface area (Å²) in [7, 11) is 1.63. The number of nitrogens with one attached hydrogen (secondary N) is 1. The standard InChI is InChI=1S/C16H24N2O3/c1-12(13-5-3-4-6-14(13)20-2)18-15(19)16(11-17)7-9-21-10-8-16/h3-6,12H,7-11,17H2,1-2H3,(H,18,19). The zero-order valence-corrected chi connectivity index (χ0v) is 12.7. The predicted molar refractivity (Wildman–Crippen MR) is 81.1 cm³/mol. The fraction of sp³-hybridized carbons (Fsp3) is 0.562. The maximum absolute atomic E-state index is 12.6. The minimum absolute atomic E-state index is 0.00621. The summed E-state index contributed by atoms with van der Waals surface area (Å²) < 4.78 is 10.7. The van der Waals surface area contributed by atoms with E-state index >= 15 is 0 Å². The molecule has 1 aromatic carbocycles. The van der Waals surface area contributed by atoms with Gasteiger partial charge in [-0.3, -0.25) is 4.79 Å². The molecular weight excluding hydrogens is 268 g/mol. The van der Waals surface area contributed by atoms with E-state index in [1.165, 1.54) is 0 Å². The number of amides is 1. The van der Waals surface area contributed by atoms with E-state index in [2.05, 4.69) is 5.32 Å². The van der Waals surface area contributed by atoms with Crippen molar-refractivity contribution in [2.45, 2.75) is 25.8 Å². The first-order chi connectivity index (χ1) is 10.1. The normalized spacial score (nSPS) is 18.8. The molecular formula is C16H24N2O3. The van der Waals surface area contributed by atoms with Gasteiger partial charge in [-0.25, -0.2) is 0 Å². The van der Waals surface area contributed by atoms with Gasteiger partial charge in [0.15, 0.2) is 0 Å². The first kappa shape index (κ1) is 15.8. The Morgan fingerprint density at radius 1 is 1.43 bits per heavy atom. The molecule has 0 aliphatic carbocycles. The Hall–Kier alpha value is -1.59. The van der Waals surface area contributed by atoms with Gasteiger partial charge in [-0.2, -0.15) is 0 Å². The number of carbonyl (C=O) groups excluding carboxylic acids is 1. The molecule has 1 fully saturated rings. The summed E-state index contributed by atoms with van der Waals surface area (Å²) in [6.45, 7) is 3.49. The minimum atomic E-state index is -0.505. The zero-order chi connectivity index (χ0) is 15.3. The SMILES string of the molecule is COc1ccccc1C(C)NC(=O)C1(CN)CCOCC1. The van der Waals surface area contributed by atoms with Gasteiger partial charge in [-0.1, -0.05) is 18.2 Å². The van der Waals surface area contributed by atoms with Crippen LogP contribution in [0.1, 0.15) is 31.4 Å². The molecule has 0 bridgehead atoms. The Labute approximate surface area is 125 Å². The van der Waals surface area contributed by atoms with Gasteiger partial charge >= 0.3 is 0 Å². The average molecular weight is 292 g/mol. The van der Waals surface area contributed by atoms with Crippen molar-refractivity contribution in [3.8, 4) is 5.75 Å². The number of ether oxygens (including phenoxy) is 2. The van der Waals surface area contributed by atoms with Crippen LogP contribution in [0.5, 0.6) is 5.75 Å². The molecule has 116 valence electrons. The van der Waals surface area contributed by atoms with Crippen LogP contribution in [0, 0.1) is 5.41 Å². The highest BCUT2D eigenvalue weighted by Crippen LogP contribution is 2.31. The Bertz CT molecular complexity index is 484. The van der Waals surface area contributed by atoms with Gasteiger partial charge < -0.3 is 20.5 Å². The molecule has 21 heavy (non-hydrogen) atoms. The summed E-state index contributed by atoms with van der Waals surface area (Å²) in [5.41, 5.74) is 6.33. The maximum Gasteiger partial charge on any atom is 0.228 e.